The maximum atomic E-state index is 11.9. The highest BCUT2D eigenvalue weighted by molar-refractivity contribution is 5.78. The van der Waals surface area contributed by atoms with Gasteiger partial charge < -0.3 is 0 Å². The molecule has 6 heteroatoms. The molecule has 0 unspecified atom stereocenters. The third-order valence-corrected chi connectivity index (χ3v) is 3.65. The smallest absolute Gasteiger partial charge is 0.269 e. The molecule has 3 rings (SSSR count). The molecular formula is C16H13N3O3. The Balaban J connectivity index is 2.15. The fourth-order valence-corrected chi connectivity index (χ4v) is 2.48. The highest BCUT2D eigenvalue weighted by Gasteiger charge is 2.15. The van der Waals surface area contributed by atoms with E-state index in [2.05, 4.69) is 5.10 Å². The van der Waals surface area contributed by atoms with Crippen LogP contribution < -0.4 is 5.43 Å². The summed E-state index contributed by atoms with van der Waals surface area (Å²) in [6.07, 6.45) is 1.27. The zero-order chi connectivity index (χ0) is 15.7. The summed E-state index contributed by atoms with van der Waals surface area (Å²) in [5.74, 6) is 0. The highest BCUT2D eigenvalue weighted by Crippen LogP contribution is 2.23. The van der Waals surface area contributed by atoms with Gasteiger partial charge in [0.05, 0.1) is 22.7 Å². The first-order chi connectivity index (χ1) is 10.6. The number of hydrogen-bond acceptors (Lipinski definition) is 4. The Morgan fingerprint density at radius 1 is 1.18 bits per heavy atom. The molecule has 0 aliphatic rings. The number of non-ortho nitro benzene ring substituents is 1. The first-order valence-corrected chi connectivity index (χ1v) is 6.79. The summed E-state index contributed by atoms with van der Waals surface area (Å²) in [5.41, 5.74) is 1.36. The van der Waals surface area contributed by atoms with E-state index in [1.807, 2.05) is 25.1 Å². The van der Waals surface area contributed by atoms with Crippen molar-refractivity contribution >= 4 is 16.6 Å². The van der Waals surface area contributed by atoms with Crippen molar-refractivity contribution in [3.8, 4) is 0 Å². The average Bonchev–Trinajstić information content (AvgIpc) is 2.55. The normalized spacial score (nSPS) is 12.2. The average molecular weight is 295 g/mol. The zero-order valence-corrected chi connectivity index (χ0v) is 11.8. The SMILES string of the molecule is C[C@@H](c1cccc([N+](=O)[O-])c1)n1ncc(=O)c2ccccc21. The maximum absolute atomic E-state index is 11.9. The first-order valence-electron chi connectivity index (χ1n) is 6.79. The quantitative estimate of drug-likeness (QED) is 0.550. The molecule has 22 heavy (non-hydrogen) atoms. The van der Waals surface area contributed by atoms with Crippen molar-refractivity contribution in [3.63, 3.8) is 0 Å². The number of nitro groups is 1. The minimum absolute atomic E-state index is 0.0368. The van der Waals surface area contributed by atoms with Gasteiger partial charge in [0.1, 0.15) is 0 Å². The monoisotopic (exact) mass is 295 g/mol. The Bertz CT molecular complexity index is 918. The Labute approximate surface area is 125 Å². The van der Waals surface area contributed by atoms with Crippen LogP contribution in [0.5, 0.6) is 0 Å². The number of nitrogens with zero attached hydrogens (tertiary/aromatic N) is 3. The standard InChI is InChI=1S/C16H13N3O3/c1-11(12-5-4-6-13(9-12)19(21)22)18-15-8-3-2-7-14(15)16(20)10-17-18/h2-11H,1H3/t11-/m0/s1. The lowest BCUT2D eigenvalue weighted by atomic mass is 10.1. The van der Waals surface area contributed by atoms with Gasteiger partial charge in [-0.25, -0.2) is 0 Å². The second-order valence-electron chi connectivity index (χ2n) is 5.00. The van der Waals surface area contributed by atoms with Gasteiger partial charge in [0, 0.05) is 17.5 Å². The molecule has 0 amide bonds. The van der Waals surface area contributed by atoms with Crippen molar-refractivity contribution < 1.29 is 4.92 Å². The van der Waals surface area contributed by atoms with Crippen LogP contribution in [0.25, 0.3) is 10.9 Å². The molecule has 3 aromatic rings. The van der Waals surface area contributed by atoms with Crippen LogP contribution in [-0.2, 0) is 0 Å². The summed E-state index contributed by atoms with van der Waals surface area (Å²) >= 11 is 0. The van der Waals surface area contributed by atoms with Crippen molar-refractivity contribution in [1.29, 1.82) is 0 Å². The summed E-state index contributed by atoms with van der Waals surface area (Å²) in [4.78, 5) is 22.4. The fourth-order valence-electron chi connectivity index (χ4n) is 2.48. The van der Waals surface area contributed by atoms with Gasteiger partial charge in [0.2, 0.25) is 5.43 Å². The molecular weight excluding hydrogens is 282 g/mol. The second-order valence-corrected chi connectivity index (χ2v) is 5.00. The minimum Gasteiger partial charge on any atom is -0.287 e. The van der Waals surface area contributed by atoms with Gasteiger partial charge in [-0.05, 0) is 24.6 Å². The summed E-state index contributed by atoms with van der Waals surface area (Å²) in [6, 6.07) is 13.4. The van der Waals surface area contributed by atoms with E-state index < -0.39 is 4.92 Å². The number of fused-ring (bicyclic) bond motifs is 1. The van der Waals surface area contributed by atoms with Gasteiger partial charge in [0.15, 0.2) is 0 Å². The van der Waals surface area contributed by atoms with E-state index in [9.17, 15) is 14.9 Å². The van der Waals surface area contributed by atoms with E-state index in [-0.39, 0.29) is 17.2 Å². The third kappa shape index (κ3) is 2.35. The van der Waals surface area contributed by atoms with Crippen LogP contribution in [0.4, 0.5) is 5.69 Å². The lowest BCUT2D eigenvalue weighted by Crippen LogP contribution is -2.16. The molecule has 0 aliphatic heterocycles. The van der Waals surface area contributed by atoms with Crippen LogP contribution in [0.3, 0.4) is 0 Å². The molecule has 2 aromatic carbocycles. The molecule has 0 N–H and O–H groups in total. The van der Waals surface area contributed by atoms with E-state index >= 15 is 0 Å². The van der Waals surface area contributed by atoms with Crippen molar-refractivity contribution in [2.24, 2.45) is 0 Å². The predicted octanol–water partition coefficient (Wildman–Crippen LogP) is 2.91. The summed E-state index contributed by atoms with van der Waals surface area (Å²) in [7, 11) is 0. The third-order valence-electron chi connectivity index (χ3n) is 3.65. The van der Waals surface area contributed by atoms with Crippen LogP contribution in [0.1, 0.15) is 18.5 Å². The van der Waals surface area contributed by atoms with Crippen LogP contribution in [0, 0.1) is 10.1 Å². The fraction of sp³-hybridized carbons (Fsp3) is 0.125. The summed E-state index contributed by atoms with van der Waals surface area (Å²) in [6.45, 7) is 1.89. The Morgan fingerprint density at radius 2 is 1.95 bits per heavy atom. The molecule has 1 aromatic heterocycles. The zero-order valence-electron chi connectivity index (χ0n) is 11.8. The lowest BCUT2D eigenvalue weighted by Gasteiger charge is -2.17. The Hall–Kier alpha value is -3.02. The van der Waals surface area contributed by atoms with Crippen LogP contribution in [0.15, 0.2) is 59.5 Å². The molecule has 0 bridgehead atoms. The largest absolute Gasteiger partial charge is 0.287 e. The summed E-state index contributed by atoms with van der Waals surface area (Å²) < 4.78 is 1.70. The van der Waals surface area contributed by atoms with Gasteiger partial charge in [-0.1, -0.05) is 24.3 Å². The Morgan fingerprint density at radius 3 is 2.73 bits per heavy atom. The minimum atomic E-state index is -0.423. The number of aromatic nitrogens is 2. The van der Waals surface area contributed by atoms with Crippen molar-refractivity contribution in [2.75, 3.05) is 0 Å². The van der Waals surface area contributed by atoms with Crippen molar-refractivity contribution in [2.45, 2.75) is 13.0 Å². The second kappa shape index (κ2) is 5.40. The lowest BCUT2D eigenvalue weighted by molar-refractivity contribution is -0.384. The van der Waals surface area contributed by atoms with Gasteiger partial charge in [-0.2, -0.15) is 5.10 Å². The number of hydrogen-bond donors (Lipinski definition) is 0. The molecule has 0 fully saturated rings. The number of benzene rings is 2. The van der Waals surface area contributed by atoms with Gasteiger partial charge in [0.25, 0.3) is 5.69 Å². The van der Waals surface area contributed by atoms with Crippen LogP contribution in [-0.4, -0.2) is 14.7 Å². The summed E-state index contributed by atoms with van der Waals surface area (Å²) in [5, 5.41) is 15.7. The van der Waals surface area contributed by atoms with E-state index in [4.69, 9.17) is 0 Å². The molecule has 1 atom stereocenters. The number of para-hydroxylation sites is 1. The Kier molecular flexibility index (Phi) is 3.42. The highest BCUT2D eigenvalue weighted by atomic mass is 16.6. The number of rotatable bonds is 3. The molecule has 110 valence electrons. The van der Waals surface area contributed by atoms with Crippen molar-refractivity contribution in [3.05, 3.63) is 80.6 Å². The molecule has 0 aliphatic carbocycles. The molecule has 0 radical (unpaired) electrons. The maximum Gasteiger partial charge on any atom is 0.269 e. The molecule has 6 nitrogen and oxygen atoms in total. The van der Waals surface area contributed by atoms with Crippen LogP contribution in [0.2, 0.25) is 0 Å². The topological polar surface area (TPSA) is 78.0 Å². The van der Waals surface area contributed by atoms with E-state index in [0.717, 1.165) is 5.56 Å². The number of nitro benzene ring substituents is 1. The first kappa shape index (κ1) is 13.9. The van der Waals surface area contributed by atoms with Crippen molar-refractivity contribution in [1.82, 2.24) is 9.78 Å². The van der Waals surface area contributed by atoms with Gasteiger partial charge >= 0.3 is 0 Å². The molecule has 0 saturated carbocycles. The van der Waals surface area contributed by atoms with Gasteiger partial charge in [-0.3, -0.25) is 19.6 Å². The molecule has 1 heterocycles. The van der Waals surface area contributed by atoms with Crippen LogP contribution >= 0.6 is 0 Å². The molecule has 0 spiro atoms. The van der Waals surface area contributed by atoms with E-state index in [0.29, 0.717) is 10.9 Å². The molecule has 0 saturated heterocycles. The van der Waals surface area contributed by atoms with E-state index in [1.54, 1.807) is 22.9 Å². The predicted molar refractivity (Wildman–Crippen MR) is 82.9 cm³/mol. The van der Waals surface area contributed by atoms with Gasteiger partial charge in [-0.15, -0.1) is 0 Å². The van der Waals surface area contributed by atoms with E-state index in [1.165, 1.54) is 18.3 Å².